The maximum atomic E-state index is 11.0. The number of aliphatic hydroxyl groups excluding tert-OH is 1. The predicted molar refractivity (Wildman–Crippen MR) is 53.0 cm³/mol. The normalized spacial score (nSPS) is 15.4. The van der Waals surface area contributed by atoms with Crippen molar-refractivity contribution in [3.05, 3.63) is 0 Å². The van der Waals surface area contributed by atoms with Crippen LogP contribution in [0, 0.1) is 0 Å². The summed E-state index contributed by atoms with van der Waals surface area (Å²) >= 11 is 0. The molecule has 14 heavy (non-hydrogen) atoms. The first-order valence-corrected chi connectivity index (χ1v) is 6.34. The van der Waals surface area contributed by atoms with Crippen molar-refractivity contribution >= 4 is 7.82 Å². The van der Waals surface area contributed by atoms with Gasteiger partial charge in [-0.2, -0.15) is 0 Å². The smallest absolute Gasteiger partial charge is 0.394 e. The average molecular weight is 226 g/mol. The lowest BCUT2D eigenvalue weighted by Gasteiger charge is -2.10. The van der Waals surface area contributed by atoms with Crippen molar-refractivity contribution < 1.29 is 23.6 Å². The molecule has 0 fully saturated rings. The molecule has 0 saturated carbocycles. The predicted octanol–water partition coefficient (Wildman–Crippen LogP) is 1.69. The maximum Gasteiger partial charge on any atom is 0.472 e. The third-order valence-corrected chi connectivity index (χ3v) is 2.62. The molecular formula is C8H19O5P. The monoisotopic (exact) mass is 226 g/mol. The van der Waals surface area contributed by atoms with Gasteiger partial charge in [-0.1, -0.05) is 26.2 Å². The highest BCUT2D eigenvalue weighted by molar-refractivity contribution is 7.47. The van der Waals surface area contributed by atoms with E-state index in [2.05, 4.69) is 16.0 Å². The SMILES string of the molecule is CCCCCCOP(=O)(O)OCCO. The van der Waals surface area contributed by atoms with Crippen LogP contribution in [-0.4, -0.2) is 29.8 Å². The van der Waals surface area contributed by atoms with Gasteiger partial charge in [-0.05, 0) is 6.42 Å². The second kappa shape index (κ2) is 8.38. The molecule has 0 aliphatic heterocycles. The fourth-order valence-corrected chi connectivity index (χ4v) is 1.65. The summed E-state index contributed by atoms with van der Waals surface area (Å²) in [5.74, 6) is 0. The molecule has 0 aliphatic carbocycles. The Morgan fingerprint density at radius 1 is 1.14 bits per heavy atom. The number of aliphatic hydroxyl groups is 1. The molecule has 2 N–H and O–H groups in total. The molecule has 0 rings (SSSR count). The Hall–Kier alpha value is 0.0700. The highest BCUT2D eigenvalue weighted by Crippen LogP contribution is 2.42. The Morgan fingerprint density at radius 3 is 2.36 bits per heavy atom. The van der Waals surface area contributed by atoms with E-state index in [4.69, 9.17) is 10.00 Å². The second-order valence-electron chi connectivity index (χ2n) is 2.92. The van der Waals surface area contributed by atoms with Crippen LogP contribution in [0.15, 0.2) is 0 Å². The summed E-state index contributed by atoms with van der Waals surface area (Å²) in [4.78, 5) is 9.00. The van der Waals surface area contributed by atoms with Crippen LogP contribution in [0.1, 0.15) is 32.6 Å². The minimum atomic E-state index is -3.92. The van der Waals surface area contributed by atoms with Gasteiger partial charge in [-0.3, -0.25) is 9.05 Å². The Balaban J connectivity index is 3.40. The number of unbranched alkanes of at least 4 members (excludes halogenated alkanes) is 3. The summed E-state index contributed by atoms with van der Waals surface area (Å²) in [5, 5.41) is 8.36. The van der Waals surface area contributed by atoms with Crippen molar-refractivity contribution in [3.8, 4) is 0 Å². The summed E-state index contributed by atoms with van der Waals surface area (Å²) in [6.07, 6.45) is 3.94. The standard InChI is InChI=1S/C8H19O5P/c1-2-3-4-5-7-12-14(10,11)13-8-6-9/h9H,2-8H2,1H3,(H,10,11). The van der Waals surface area contributed by atoms with Gasteiger partial charge >= 0.3 is 7.82 Å². The highest BCUT2D eigenvalue weighted by atomic mass is 31.2. The van der Waals surface area contributed by atoms with Gasteiger partial charge in [0.05, 0.1) is 19.8 Å². The van der Waals surface area contributed by atoms with Crippen LogP contribution in [0.25, 0.3) is 0 Å². The lowest BCUT2D eigenvalue weighted by molar-refractivity contribution is 0.122. The van der Waals surface area contributed by atoms with Gasteiger partial charge in [0.15, 0.2) is 0 Å². The molecule has 0 saturated heterocycles. The van der Waals surface area contributed by atoms with E-state index in [0.29, 0.717) is 0 Å². The molecule has 0 heterocycles. The molecule has 1 atom stereocenters. The van der Waals surface area contributed by atoms with Crippen LogP contribution >= 0.6 is 7.82 Å². The van der Waals surface area contributed by atoms with E-state index in [1.807, 2.05) is 0 Å². The summed E-state index contributed by atoms with van der Waals surface area (Å²) in [5.41, 5.74) is 0. The number of rotatable bonds is 9. The van der Waals surface area contributed by atoms with E-state index in [9.17, 15) is 4.57 Å². The van der Waals surface area contributed by atoms with Gasteiger partial charge in [0, 0.05) is 0 Å². The van der Waals surface area contributed by atoms with E-state index in [1.165, 1.54) is 0 Å². The quantitative estimate of drug-likeness (QED) is 0.462. The first kappa shape index (κ1) is 14.1. The Morgan fingerprint density at radius 2 is 1.79 bits per heavy atom. The van der Waals surface area contributed by atoms with Gasteiger partial charge in [-0.15, -0.1) is 0 Å². The van der Waals surface area contributed by atoms with Crippen molar-refractivity contribution in [2.24, 2.45) is 0 Å². The van der Waals surface area contributed by atoms with Gasteiger partial charge in [-0.25, -0.2) is 4.57 Å². The molecule has 86 valence electrons. The van der Waals surface area contributed by atoms with Crippen molar-refractivity contribution in [3.63, 3.8) is 0 Å². The zero-order valence-corrected chi connectivity index (χ0v) is 9.41. The summed E-state index contributed by atoms with van der Waals surface area (Å²) in [6, 6.07) is 0. The van der Waals surface area contributed by atoms with Crippen molar-refractivity contribution in [2.45, 2.75) is 32.6 Å². The minimum absolute atomic E-state index is 0.178. The first-order valence-electron chi connectivity index (χ1n) is 4.85. The van der Waals surface area contributed by atoms with Gasteiger partial charge in [0.2, 0.25) is 0 Å². The van der Waals surface area contributed by atoms with Crippen LogP contribution < -0.4 is 0 Å². The second-order valence-corrected chi connectivity index (χ2v) is 4.37. The van der Waals surface area contributed by atoms with Crippen LogP contribution in [0.3, 0.4) is 0 Å². The Kier molecular flexibility index (Phi) is 8.43. The third-order valence-electron chi connectivity index (χ3n) is 1.60. The number of phosphoric acid groups is 1. The van der Waals surface area contributed by atoms with Gasteiger partial charge in [0.25, 0.3) is 0 Å². The zero-order valence-electron chi connectivity index (χ0n) is 8.52. The fraction of sp³-hybridized carbons (Fsp3) is 1.00. The molecule has 0 radical (unpaired) electrons. The summed E-state index contributed by atoms with van der Waals surface area (Å²) < 4.78 is 20.1. The highest BCUT2D eigenvalue weighted by Gasteiger charge is 2.19. The Labute approximate surface area is 84.7 Å². The molecule has 6 heteroatoms. The number of hydrogen-bond donors (Lipinski definition) is 2. The average Bonchev–Trinajstić information content (AvgIpc) is 2.15. The molecule has 0 aromatic carbocycles. The lowest BCUT2D eigenvalue weighted by Crippen LogP contribution is -2.01. The van der Waals surface area contributed by atoms with Crippen molar-refractivity contribution in [1.29, 1.82) is 0 Å². The summed E-state index contributed by atoms with van der Waals surface area (Å²) in [6.45, 7) is 1.84. The fourth-order valence-electron chi connectivity index (χ4n) is 0.902. The van der Waals surface area contributed by atoms with Gasteiger partial charge < -0.3 is 10.00 Å². The molecule has 0 bridgehead atoms. The molecule has 0 aromatic rings. The van der Waals surface area contributed by atoms with Crippen LogP contribution in [0.4, 0.5) is 0 Å². The van der Waals surface area contributed by atoms with Gasteiger partial charge in [0.1, 0.15) is 0 Å². The van der Waals surface area contributed by atoms with Crippen molar-refractivity contribution in [1.82, 2.24) is 0 Å². The molecule has 0 aliphatic rings. The van der Waals surface area contributed by atoms with Crippen LogP contribution in [-0.2, 0) is 13.6 Å². The third kappa shape index (κ3) is 8.66. The van der Waals surface area contributed by atoms with E-state index in [0.717, 1.165) is 25.7 Å². The largest absolute Gasteiger partial charge is 0.472 e. The molecular weight excluding hydrogens is 207 g/mol. The lowest BCUT2D eigenvalue weighted by atomic mass is 10.2. The first-order chi connectivity index (χ1) is 6.62. The van der Waals surface area contributed by atoms with E-state index >= 15 is 0 Å². The maximum absolute atomic E-state index is 11.0. The van der Waals surface area contributed by atoms with Crippen molar-refractivity contribution in [2.75, 3.05) is 19.8 Å². The molecule has 5 nitrogen and oxygen atoms in total. The molecule has 1 unspecified atom stereocenters. The Bertz CT molecular complexity index is 173. The van der Waals surface area contributed by atoms with Crippen LogP contribution in [0.2, 0.25) is 0 Å². The minimum Gasteiger partial charge on any atom is -0.394 e. The molecule has 0 amide bonds. The molecule has 0 spiro atoms. The number of hydrogen-bond acceptors (Lipinski definition) is 4. The summed E-state index contributed by atoms with van der Waals surface area (Å²) in [7, 11) is -3.92. The van der Waals surface area contributed by atoms with E-state index in [-0.39, 0.29) is 19.8 Å². The van der Waals surface area contributed by atoms with Crippen LogP contribution in [0.5, 0.6) is 0 Å². The molecule has 0 aromatic heterocycles. The number of phosphoric ester groups is 1. The van der Waals surface area contributed by atoms with E-state index < -0.39 is 7.82 Å². The van der Waals surface area contributed by atoms with E-state index in [1.54, 1.807) is 0 Å². The zero-order chi connectivity index (χ0) is 10.9. The topological polar surface area (TPSA) is 76.0 Å².